The molecule has 0 N–H and O–H groups in total. The normalized spacial score (nSPS) is 19.2. The van der Waals surface area contributed by atoms with Crippen molar-refractivity contribution < 1.29 is 19.2 Å². The molecule has 2 aliphatic heterocycles. The summed E-state index contributed by atoms with van der Waals surface area (Å²) in [5.74, 6) is 2.78. The van der Waals surface area contributed by atoms with Crippen LogP contribution in [0.1, 0.15) is 25.0 Å². The Morgan fingerprint density at radius 2 is 2.04 bits per heavy atom. The molecular weight excluding hydrogens is 328 g/mol. The van der Waals surface area contributed by atoms with Crippen molar-refractivity contribution in [2.24, 2.45) is 0 Å². The summed E-state index contributed by atoms with van der Waals surface area (Å²) in [6.45, 7) is 8.55. The van der Waals surface area contributed by atoms with Gasteiger partial charge in [0, 0.05) is 12.0 Å². The first-order valence-electron chi connectivity index (χ1n) is 8.81. The molecule has 1 atom stereocenters. The van der Waals surface area contributed by atoms with Gasteiger partial charge in [-0.15, -0.1) is 0 Å². The summed E-state index contributed by atoms with van der Waals surface area (Å²) in [6, 6.07) is 11.6. The van der Waals surface area contributed by atoms with Gasteiger partial charge >= 0.3 is 0 Å². The van der Waals surface area contributed by atoms with Gasteiger partial charge in [0.15, 0.2) is 11.5 Å². The van der Waals surface area contributed by atoms with E-state index in [1.165, 1.54) is 11.1 Å². The number of ether oxygens (including phenoxy) is 2. The lowest BCUT2D eigenvalue weighted by Gasteiger charge is -2.11. The van der Waals surface area contributed by atoms with Crippen molar-refractivity contribution in [2.45, 2.75) is 32.8 Å². The number of benzene rings is 2. The highest BCUT2D eigenvalue weighted by Gasteiger charge is 2.24. The molecule has 0 spiro atoms. The van der Waals surface area contributed by atoms with Crippen LogP contribution in [0.4, 0.5) is 0 Å². The highest BCUT2D eigenvalue weighted by atomic mass is 17.2. The van der Waals surface area contributed by atoms with Gasteiger partial charge in [-0.05, 0) is 67.3 Å². The fraction of sp³-hybridized carbons (Fsp3) is 0.273. The predicted octanol–water partition coefficient (Wildman–Crippen LogP) is 4.82. The maximum atomic E-state index is 5.86. The van der Waals surface area contributed by atoms with Crippen LogP contribution in [-0.2, 0) is 12.8 Å². The largest absolute Gasteiger partial charge is 0.485 e. The van der Waals surface area contributed by atoms with Gasteiger partial charge in [0.2, 0.25) is 5.75 Å². The zero-order valence-electron chi connectivity index (χ0n) is 15.1. The molecule has 0 saturated carbocycles. The van der Waals surface area contributed by atoms with Gasteiger partial charge < -0.3 is 9.47 Å². The summed E-state index contributed by atoms with van der Waals surface area (Å²) in [5, 5.41) is 0. The van der Waals surface area contributed by atoms with Crippen LogP contribution in [0.15, 0.2) is 60.2 Å². The zero-order valence-corrected chi connectivity index (χ0v) is 15.1. The van der Waals surface area contributed by atoms with Crippen LogP contribution in [-0.4, -0.2) is 12.7 Å². The highest BCUT2D eigenvalue weighted by molar-refractivity contribution is 5.46. The van der Waals surface area contributed by atoms with E-state index < -0.39 is 0 Å². The Balaban J connectivity index is 1.46. The Morgan fingerprint density at radius 3 is 2.85 bits per heavy atom. The molecule has 4 nitrogen and oxygen atoms in total. The molecule has 2 bridgehead atoms. The summed E-state index contributed by atoms with van der Waals surface area (Å²) in [6.07, 6.45) is 3.84. The van der Waals surface area contributed by atoms with Gasteiger partial charge in [0.05, 0.1) is 0 Å². The molecule has 0 fully saturated rings. The SMILES string of the molecule is C=C(C)[C@@H]1Cc2cc(OOc3ccc4cc3OCC(=CC)C4)ccc2O1. The molecule has 2 heterocycles. The predicted molar refractivity (Wildman–Crippen MR) is 100 cm³/mol. The Kier molecular flexibility index (Phi) is 4.33. The second kappa shape index (κ2) is 6.79. The van der Waals surface area contributed by atoms with Crippen molar-refractivity contribution in [3.05, 3.63) is 71.3 Å². The highest BCUT2D eigenvalue weighted by Crippen LogP contribution is 2.35. The van der Waals surface area contributed by atoms with Gasteiger partial charge in [-0.1, -0.05) is 18.7 Å². The third kappa shape index (κ3) is 3.27. The van der Waals surface area contributed by atoms with Crippen LogP contribution >= 0.6 is 0 Å². The van der Waals surface area contributed by atoms with Crippen LogP contribution in [0.25, 0.3) is 0 Å². The van der Waals surface area contributed by atoms with Gasteiger partial charge in [-0.25, -0.2) is 0 Å². The van der Waals surface area contributed by atoms with E-state index in [1.807, 2.05) is 50.2 Å². The fourth-order valence-corrected chi connectivity index (χ4v) is 3.16. The monoisotopic (exact) mass is 350 g/mol. The summed E-state index contributed by atoms with van der Waals surface area (Å²) in [5.41, 5.74) is 4.58. The zero-order chi connectivity index (χ0) is 18.1. The standard InChI is InChI=1S/C22H22O4/c1-4-15-9-16-5-7-20(22(10-16)23-13-15)26-25-18-6-8-19-17(11-18)12-21(24-19)14(2)3/h4-8,10-11,21H,2,9,12-13H2,1,3H3/t21-/m0/s1. The molecule has 26 heavy (non-hydrogen) atoms. The lowest BCUT2D eigenvalue weighted by Crippen LogP contribution is -2.13. The van der Waals surface area contributed by atoms with Crippen LogP contribution in [0, 0.1) is 0 Å². The maximum absolute atomic E-state index is 5.86. The lowest BCUT2D eigenvalue weighted by atomic mass is 10.1. The Morgan fingerprint density at radius 1 is 1.15 bits per heavy atom. The van der Waals surface area contributed by atoms with Crippen molar-refractivity contribution in [1.82, 2.24) is 0 Å². The number of rotatable bonds is 4. The minimum atomic E-state index is 0.0381. The number of allylic oxidation sites excluding steroid dienone is 1. The van der Waals surface area contributed by atoms with E-state index in [9.17, 15) is 0 Å². The average molecular weight is 350 g/mol. The number of hydrogen-bond donors (Lipinski definition) is 0. The van der Waals surface area contributed by atoms with Crippen molar-refractivity contribution in [1.29, 1.82) is 0 Å². The van der Waals surface area contributed by atoms with E-state index in [2.05, 4.69) is 12.7 Å². The average Bonchev–Trinajstić information content (AvgIpc) is 3.00. The number of fused-ring (bicyclic) bond motifs is 3. The maximum Gasteiger partial charge on any atom is 0.220 e. The second-order valence-electron chi connectivity index (χ2n) is 6.79. The molecule has 2 aromatic rings. The van der Waals surface area contributed by atoms with Crippen molar-refractivity contribution >= 4 is 0 Å². The van der Waals surface area contributed by atoms with Gasteiger partial charge in [0.25, 0.3) is 0 Å². The first-order chi connectivity index (χ1) is 12.6. The van der Waals surface area contributed by atoms with Gasteiger partial charge in [-0.3, -0.25) is 9.78 Å². The fourth-order valence-electron chi connectivity index (χ4n) is 3.16. The quantitative estimate of drug-likeness (QED) is 0.450. The third-order valence-electron chi connectivity index (χ3n) is 4.74. The lowest BCUT2D eigenvalue weighted by molar-refractivity contribution is -0.102. The molecule has 4 rings (SSSR count). The van der Waals surface area contributed by atoms with E-state index in [-0.39, 0.29) is 6.10 Å². The smallest absolute Gasteiger partial charge is 0.220 e. The van der Waals surface area contributed by atoms with Gasteiger partial charge in [0.1, 0.15) is 18.5 Å². The van der Waals surface area contributed by atoms with E-state index >= 15 is 0 Å². The Bertz CT molecular complexity index is 882. The molecule has 4 heteroatoms. The molecule has 0 saturated heterocycles. The van der Waals surface area contributed by atoms with Crippen LogP contribution in [0.5, 0.6) is 23.0 Å². The van der Waals surface area contributed by atoms with Crippen LogP contribution in [0.3, 0.4) is 0 Å². The molecule has 2 aromatic carbocycles. The van der Waals surface area contributed by atoms with E-state index in [0.29, 0.717) is 23.9 Å². The molecular formula is C22H22O4. The van der Waals surface area contributed by atoms with Crippen LogP contribution < -0.4 is 19.2 Å². The van der Waals surface area contributed by atoms with Crippen molar-refractivity contribution in [2.75, 3.05) is 6.61 Å². The summed E-state index contributed by atoms with van der Waals surface area (Å²) >= 11 is 0. The molecule has 0 radical (unpaired) electrons. The molecule has 134 valence electrons. The van der Waals surface area contributed by atoms with E-state index in [4.69, 9.17) is 19.2 Å². The third-order valence-corrected chi connectivity index (χ3v) is 4.74. The summed E-state index contributed by atoms with van der Waals surface area (Å²) < 4.78 is 11.7. The molecule has 0 unspecified atom stereocenters. The van der Waals surface area contributed by atoms with Gasteiger partial charge in [-0.2, -0.15) is 0 Å². The van der Waals surface area contributed by atoms with E-state index in [0.717, 1.165) is 29.7 Å². The molecule has 0 aliphatic carbocycles. The summed E-state index contributed by atoms with van der Waals surface area (Å²) in [4.78, 5) is 11.1. The molecule has 0 amide bonds. The molecule has 2 aliphatic rings. The minimum Gasteiger partial charge on any atom is -0.485 e. The van der Waals surface area contributed by atoms with E-state index in [1.54, 1.807) is 0 Å². The molecule has 0 aromatic heterocycles. The first kappa shape index (κ1) is 16.6. The Hall–Kier alpha value is -2.88. The van der Waals surface area contributed by atoms with Crippen molar-refractivity contribution in [3.8, 4) is 23.0 Å². The van der Waals surface area contributed by atoms with Crippen LogP contribution in [0.2, 0.25) is 0 Å². The first-order valence-corrected chi connectivity index (χ1v) is 8.81. The number of hydrogen-bond acceptors (Lipinski definition) is 4. The minimum absolute atomic E-state index is 0.0381. The second-order valence-corrected chi connectivity index (χ2v) is 6.79. The topological polar surface area (TPSA) is 36.9 Å². The summed E-state index contributed by atoms with van der Waals surface area (Å²) in [7, 11) is 0. The Labute approximate surface area is 153 Å². The van der Waals surface area contributed by atoms with Crippen molar-refractivity contribution in [3.63, 3.8) is 0 Å².